The highest BCUT2D eigenvalue weighted by atomic mass is 16.3. The molecule has 0 bridgehead atoms. The highest BCUT2D eigenvalue weighted by Crippen LogP contribution is 2.36. The molecule has 4 nitrogen and oxygen atoms in total. The summed E-state index contributed by atoms with van der Waals surface area (Å²) in [6.07, 6.45) is 7.13. The van der Waals surface area contributed by atoms with E-state index >= 15 is 0 Å². The van der Waals surface area contributed by atoms with E-state index in [0.717, 1.165) is 23.9 Å². The van der Waals surface area contributed by atoms with E-state index < -0.39 is 0 Å². The lowest BCUT2D eigenvalue weighted by Crippen LogP contribution is -2.08. The first kappa shape index (κ1) is 9.78. The summed E-state index contributed by atoms with van der Waals surface area (Å²) in [4.78, 5) is 8.31. The summed E-state index contributed by atoms with van der Waals surface area (Å²) in [5, 5.41) is 10.9. The summed E-state index contributed by atoms with van der Waals surface area (Å²) in [7, 11) is 0. The number of nitrogens with zero attached hydrogens (tertiary/aromatic N) is 3. The molecule has 0 unspecified atom stereocenters. The second-order valence-corrected chi connectivity index (χ2v) is 4.69. The van der Waals surface area contributed by atoms with E-state index in [1.54, 1.807) is 6.33 Å². The Labute approximate surface area is 93.9 Å². The molecule has 2 aromatic heterocycles. The SMILES string of the molecule is C[C@H]1C[C@@H](n2ccc3cncnc32)C[C@@H]1O. The average Bonchev–Trinajstić information content (AvgIpc) is 2.83. The van der Waals surface area contributed by atoms with Gasteiger partial charge in [0.05, 0.1) is 6.10 Å². The van der Waals surface area contributed by atoms with Crippen molar-refractivity contribution in [3.63, 3.8) is 0 Å². The standard InChI is InChI=1S/C12H15N3O/c1-8-4-10(5-11(8)16)15-3-2-9-6-13-7-14-12(9)15/h2-3,6-8,10-11,16H,4-5H2,1H3/t8-,10+,11-/m0/s1. The lowest BCUT2D eigenvalue weighted by Gasteiger charge is -2.12. The van der Waals surface area contributed by atoms with E-state index in [4.69, 9.17) is 0 Å². The number of hydrogen-bond acceptors (Lipinski definition) is 3. The van der Waals surface area contributed by atoms with Gasteiger partial charge in [-0.3, -0.25) is 0 Å². The maximum Gasteiger partial charge on any atom is 0.143 e. The minimum atomic E-state index is -0.177. The monoisotopic (exact) mass is 217 g/mol. The van der Waals surface area contributed by atoms with E-state index in [2.05, 4.69) is 27.7 Å². The fourth-order valence-corrected chi connectivity index (χ4v) is 2.61. The maximum atomic E-state index is 9.79. The highest BCUT2D eigenvalue weighted by Gasteiger charge is 2.31. The number of aliphatic hydroxyl groups excluding tert-OH is 1. The van der Waals surface area contributed by atoms with Gasteiger partial charge in [0, 0.05) is 23.8 Å². The van der Waals surface area contributed by atoms with Crippen LogP contribution >= 0.6 is 0 Å². The van der Waals surface area contributed by atoms with Gasteiger partial charge in [-0.05, 0) is 24.8 Å². The van der Waals surface area contributed by atoms with Crippen molar-refractivity contribution in [2.45, 2.75) is 31.9 Å². The van der Waals surface area contributed by atoms with E-state index in [1.807, 2.05) is 12.3 Å². The van der Waals surface area contributed by atoms with Crippen LogP contribution in [0.1, 0.15) is 25.8 Å². The van der Waals surface area contributed by atoms with E-state index in [1.165, 1.54) is 0 Å². The van der Waals surface area contributed by atoms with Gasteiger partial charge in [-0.1, -0.05) is 6.92 Å². The summed E-state index contributed by atoms with van der Waals surface area (Å²) in [6.45, 7) is 2.10. The van der Waals surface area contributed by atoms with Crippen molar-refractivity contribution in [3.8, 4) is 0 Å². The second-order valence-electron chi connectivity index (χ2n) is 4.69. The van der Waals surface area contributed by atoms with Crippen molar-refractivity contribution >= 4 is 11.0 Å². The average molecular weight is 217 g/mol. The van der Waals surface area contributed by atoms with Crippen LogP contribution in [-0.2, 0) is 0 Å². The third-order valence-electron chi connectivity index (χ3n) is 3.59. The smallest absolute Gasteiger partial charge is 0.143 e. The predicted molar refractivity (Wildman–Crippen MR) is 61.0 cm³/mol. The molecule has 1 N–H and O–H groups in total. The molecule has 1 aliphatic rings. The molecule has 1 fully saturated rings. The highest BCUT2D eigenvalue weighted by molar-refractivity contribution is 5.74. The number of rotatable bonds is 1. The van der Waals surface area contributed by atoms with Crippen molar-refractivity contribution in [1.29, 1.82) is 0 Å². The fourth-order valence-electron chi connectivity index (χ4n) is 2.61. The molecule has 1 aliphatic carbocycles. The zero-order valence-corrected chi connectivity index (χ0v) is 9.24. The topological polar surface area (TPSA) is 50.9 Å². The Morgan fingerprint density at radius 1 is 1.44 bits per heavy atom. The summed E-state index contributed by atoms with van der Waals surface area (Å²) < 4.78 is 2.17. The first-order valence-electron chi connectivity index (χ1n) is 5.70. The van der Waals surface area contributed by atoms with E-state index in [0.29, 0.717) is 12.0 Å². The molecule has 0 radical (unpaired) electrons. The molecule has 0 aromatic carbocycles. The van der Waals surface area contributed by atoms with Crippen molar-refractivity contribution in [2.75, 3.05) is 0 Å². The Balaban J connectivity index is 2.01. The molecule has 84 valence electrons. The first-order valence-corrected chi connectivity index (χ1v) is 5.70. The van der Waals surface area contributed by atoms with Crippen LogP contribution in [-0.4, -0.2) is 25.7 Å². The van der Waals surface area contributed by atoms with Gasteiger partial charge in [0.2, 0.25) is 0 Å². The largest absolute Gasteiger partial charge is 0.393 e. The second kappa shape index (κ2) is 3.56. The minimum Gasteiger partial charge on any atom is -0.393 e. The molecule has 2 heterocycles. The van der Waals surface area contributed by atoms with Crippen molar-refractivity contribution < 1.29 is 5.11 Å². The van der Waals surface area contributed by atoms with Crippen LogP contribution in [0.15, 0.2) is 24.8 Å². The summed E-state index contributed by atoms with van der Waals surface area (Å²) >= 11 is 0. The molecule has 4 heteroatoms. The van der Waals surface area contributed by atoms with Crippen LogP contribution in [0.3, 0.4) is 0 Å². The number of aliphatic hydroxyl groups is 1. The summed E-state index contributed by atoms with van der Waals surface area (Å²) in [5.41, 5.74) is 0.973. The normalized spacial score (nSPS) is 30.0. The van der Waals surface area contributed by atoms with Crippen LogP contribution in [0, 0.1) is 5.92 Å². The predicted octanol–water partition coefficient (Wildman–Crippen LogP) is 1.76. The zero-order valence-electron chi connectivity index (χ0n) is 9.24. The van der Waals surface area contributed by atoms with Gasteiger partial charge < -0.3 is 9.67 Å². The van der Waals surface area contributed by atoms with E-state index in [-0.39, 0.29) is 6.10 Å². The molecule has 0 amide bonds. The molecule has 0 spiro atoms. The number of fused-ring (bicyclic) bond motifs is 1. The maximum absolute atomic E-state index is 9.79. The van der Waals surface area contributed by atoms with Gasteiger partial charge in [0.25, 0.3) is 0 Å². The zero-order chi connectivity index (χ0) is 11.1. The Bertz CT molecular complexity index is 498. The molecule has 3 atom stereocenters. The van der Waals surface area contributed by atoms with Crippen LogP contribution < -0.4 is 0 Å². The quantitative estimate of drug-likeness (QED) is 0.792. The van der Waals surface area contributed by atoms with Gasteiger partial charge in [0.15, 0.2) is 0 Å². The van der Waals surface area contributed by atoms with Gasteiger partial charge in [0.1, 0.15) is 12.0 Å². The Kier molecular flexibility index (Phi) is 2.17. The molecule has 3 rings (SSSR count). The van der Waals surface area contributed by atoms with Gasteiger partial charge in [-0.2, -0.15) is 0 Å². The molecule has 2 aromatic rings. The van der Waals surface area contributed by atoms with Crippen LogP contribution in [0.25, 0.3) is 11.0 Å². The van der Waals surface area contributed by atoms with E-state index in [9.17, 15) is 5.11 Å². The third-order valence-corrected chi connectivity index (χ3v) is 3.59. The minimum absolute atomic E-state index is 0.177. The summed E-state index contributed by atoms with van der Waals surface area (Å²) in [6, 6.07) is 2.41. The molecular weight excluding hydrogens is 202 g/mol. The number of hydrogen-bond donors (Lipinski definition) is 1. The van der Waals surface area contributed by atoms with Crippen LogP contribution in [0.4, 0.5) is 0 Å². The molecule has 1 saturated carbocycles. The van der Waals surface area contributed by atoms with Gasteiger partial charge in [-0.15, -0.1) is 0 Å². The van der Waals surface area contributed by atoms with Crippen LogP contribution in [0.5, 0.6) is 0 Å². The molecule has 0 saturated heterocycles. The summed E-state index contributed by atoms with van der Waals surface area (Å²) in [5.74, 6) is 0.379. The van der Waals surface area contributed by atoms with Gasteiger partial charge in [-0.25, -0.2) is 9.97 Å². The Morgan fingerprint density at radius 2 is 2.31 bits per heavy atom. The van der Waals surface area contributed by atoms with Crippen LogP contribution in [0.2, 0.25) is 0 Å². The Morgan fingerprint density at radius 3 is 3.06 bits per heavy atom. The molecule has 0 aliphatic heterocycles. The van der Waals surface area contributed by atoms with Crippen molar-refractivity contribution in [3.05, 3.63) is 24.8 Å². The lowest BCUT2D eigenvalue weighted by atomic mass is 10.1. The lowest BCUT2D eigenvalue weighted by molar-refractivity contribution is 0.139. The van der Waals surface area contributed by atoms with Crippen molar-refractivity contribution in [2.24, 2.45) is 5.92 Å². The Hall–Kier alpha value is -1.42. The third kappa shape index (κ3) is 1.41. The first-order chi connectivity index (χ1) is 7.75. The molecular formula is C12H15N3O. The van der Waals surface area contributed by atoms with Gasteiger partial charge >= 0.3 is 0 Å². The molecule has 16 heavy (non-hydrogen) atoms. The number of aromatic nitrogens is 3. The fraction of sp³-hybridized carbons (Fsp3) is 0.500. The van der Waals surface area contributed by atoms with Crippen molar-refractivity contribution in [1.82, 2.24) is 14.5 Å².